The van der Waals surface area contributed by atoms with Gasteiger partial charge in [-0.2, -0.15) is 17.5 Å². The quantitative estimate of drug-likeness (QED) is 0.604. The summed E-state index contributed by atoms with van der Waals surface area (Å²) >= 11 is 0. The Bertz CT molecular complexity index is 1250. The number of aromatic hydroxyl groups is 1. The summed E-state index contributed by atoms with van der Waals surface area (Å²) in [6.45, 7) is 1.58. The third kappa shape index (κ3) is 4.17. The molecule has 3 aromatic rings. The molecule has 2 heterocycles. The van der Waals surface area contributed by atoms with E-state index in [1.807, 2.05) is 4.90 Å². The average Bonchev–Trinajstić information content (AvgIpc) is 3.11. The zero-order chi connectivity index (χ0) is 22.6. The Kier molecular flexibility index (Phi) is 5.09. The smallest absolute Gasteiger partial charge is 0.419 e. The molecule has 0 bridgehead atoms. The molecule has 4 rings (SSSR count). The van der Waals surface area contributed by atoms with Crippen LogP contribution in [0.3, 0.4) is 0 Å². The zero-order valence-electron chi connectivity index (χ0n) is 16.1. The monoisotopic (exact) mass is 459 g/mol. The molecule has 1 N–H and O–H groups in total. The Hall–Kier alpha value is -2.86. The van der Waals surface area contributed by atoms with Crippen molar-refractivity contribution in [3.63, 3.8) is 0 Å². The summed E-state index contributed by atoms with van der Waals surface area (Å²) in [6, 6.07) is 6.35. The fourth-order valence-corrected chi connectivity index (χ4v) is 4.28. The number of oxazole rings is 1. The van der Waals surface area contributed by atoms with Crippen molar-refractivity contribution >= 4 is 26.8 Å². The molecule has 1 saturated heterocycles. The SMILES string of the molecule is CS(=O)(=O)N1CCN(c2ccc3oc(-c4cc(O)c(F)c(C(F)(F)F)c4)nc3c2)CC1. The van der Waals surface area contributed by atoms with Crippen molar-refractivity contribution < 1.29 is 35.5 Å². The molecule has 166 valence electrons. The van der Waals surface area contributed by atoms with Crippen LogP contribution in [0.5, 0.6) is 5.75 Å². The van der Waals surface area contributed by atoms with Gasteiger partial charge in [0.25, 0.3) is 0 Å². The molecular formula is C19H17F4N3O4S. The number of sulfonamides is 1. The predicted molar refractivity (Wildman–Crippen MR) is 105 cm³/mol. The topological polar surface area (TPSA) is 86.9 Å². The van der Waals surface area contributed by atoms with E-state index in [1.54, 1.807) is 18.2 Å². The molecular weight excluding hydrogens is 442 g/mol. The minimum atomic E-state index is -5.00. The number of phenols is 1. The Morgan fingerprint density at radius 2 is 1.77 bits per heavy atom. The molecule has 1 aliphatic heterocycles. The summed E-state index contributed by atoms with van der Waals surface area (Å²) in [5.41, 5.74) is -0.431. The van der Waals surface area contributed by atoms with Gasteiger partial charge in [0.15, 0.2) is 17.1 Å². The number of fused-ring (bicyclic) bond motifs is 1. The number of alkyl halides is 3. The van der Waals surface area contributed by atoms with Gasteiger partial charge in [-0.1, -0.05) is 0 Å². The Morgan fingerprint density at radius 1 is 1.10 bits per heavy atom. The van der Waals surface area contributed by atoms with Crippen molar-refractivity contribution in [2.45, 2.75) is 6.18 Å². The van der Waals surface area contributed by atoms with E-state index >= 15 is 0 Å². The highest BCUT2D eigenvalue weighted by atomic mass is 32.2. The first kappa shape index (κ1) is 21.4. The van der Waals surface area contributed by atoms with Crippen LogP contribution in [-0.4, -0.2) is 55.2 Å². The van der Waals surface area contributed by atoms with Gasteiger partial charge in [-0.15, -0.1) is 0 Å². The Balaban J connectivity index is 1.64. The second kappa shape index (κ2) is 7.38. The molecule has 0 aliphatic carbocycles. The summed E-state index contributed by atoms with van der Waals surface area (Å²) in [7, 11) is -3.26. The van der Waals surface area contributed by atoms with Gasteiger partial charge in [0, 0.05) is 37.4 Å². The number of benzene rings is 2. The van der Waals surface area contributed by atoms with E-state index in [4.69, 9.17) is 4.42 Å². The van der Waals surface area contributed by atoms with Crippen LogP contribution in [-0.2, 0) is 16.2 Å². The van der Waals surface area contributed by atoms with Gasteiger partial charge in [0.2, 0.25) is 15.9 Å². The van der Waals surface area contributed by atoms with Crippen molar-refractivity contribution in [3.05, 3.63) is 41.7 Å². The number of piperazine rings is 1. The van der Waals surface area contributed by atoms with Crippen LogP contribution in [0.2, 0.25) is 0 Å². The molecule has 12 heteroatoms. The highest BCUT2D eigenvalue weighted by Crippen LogP contribution is 2.38. The van der Waals surface area contributed by atoms with E-state index in [-0.39, 0.29) is 11.5 Å². The molecule has 1 aliphatic rings. The second-order valence-electron chi connectivity index (χ2n) is 7.17. The lowest BCUT2D eigenvalue weighted by atomic mass is 10.1. The van der Waals surface area contributed by atoms with Crippen LogP contribution in [0.25, 0.3) is 22.6 Å². The van der Waals surface area contributed by atoms with Crippen molar-refractivity contribution in [1.29, 1.82) is 0 Å². The third-order valence-electron chi connectivity index (χ3n) is 5.05. The molecule has 0 spiro atoms. The maximum Gasteiger partial charge on any atom is 0.419 e. The first-order valence-corrected chi connectivity index (χ1v) is 11.0. The van der Waals surface area contributed by atoms with Crippen LogP contribution < -0.4 is 4.90 Å². The predicted octanol–water partition coefficient (Wildman–Crippen LogP) is 3.44. The van der Waals surface area contributed by atoms with Gasteiger partial charge in [0.05, 0.1) is 11.8 Å². The van der Waals surface area contributed by atoms with E-state index in [1.165, 1.54) is 4.31 Å². The highest BCUT2D eigenvalue weighted by molar-refractivity contribution is 7.88. The molecule has 1 fully saturated rings. The summed E-state index contributed by atoms with van der Waals surface area (Å²) in [5, 5.41) is 9.58. The number of rotatable bonds is 3. The maximum atomic E-state index is 13.7. The van der Waals surface area contributed by atoms with Crippen LogP contribution in [0, 0.1) is 5.82 Å². The molecule has 0 atom stereocenters. The van der Waals surface area contributed by atoms with E-state index < -0.39 is 33.3 Å². The number of halogens is 4. The van der Waals surface area contributed by atoms with Gasteiger partial charge in [-0.25, -0.2) is 17.8 Å². The van der Waals surface area contributed by atoms with Crippen molar-refractivity contribution in [3.8, 4) is 17.2 Å². The molecule has 31 heavy (non-hydrogen) atoms. The molecule has 0 unspecified atom stereocenters. The molecule has 0 radical (unpaired) electrons. The molecule has 1 aromatic heterocycles. The summed E-state index contributed by atoms with van der Waals surface area (Å²) in [5.74, 6) is -3.12. The Labute approximate surface area is 174 Å². The second-order valence-corrected chi connectivity index (χ2v) is 9.16. The van der Waals surface area contributed by atoms with E-state index in [0.717, 1.165) is 18.0 Å². The zero-order valence-corrected chi connectivity index (χ0v) is 17.0. The number of anilines is 1. The van der Waals surface area contributed by atoms with Gasteiger partial charge >= 0.3 is 6.18 Å². The van der Waals surface area contributed by atoms with E-state index in [2.05, 4.69) is 4.98 Å². The minimum absolute atomic E-state index is 0.199. The lowest BCUT2D eigenvalue weighted by molar-refractivity contribution is -0.140. The van der Waals surface area contributed by atoms with Crippen LogP contribution in [0.1, 0.15) is 5.56 Å². The Morgan fingerprint density at radius 3 is 2.39 bits per heavy atom. The van der Waals surface area contributed by atoms with Gasteiger partial charge in [0.1, 0.15) is 5.52 Å². The first-order valence-electron chi connectivity index (χ1n) is 9.14. The average molecular weight is 459 g/mol. The van der Waals surface area contributed by atoms with Crippen LogP contribution in [0.15, 0.2) is 34.7 Å². The standard InChI is InChI=1S/C19H17F4N3O4S/c1-31(28,29)26-6-4-25(5-7-26)12-2-3-16-14(10-12)24-18(30-16)11-8-13(19(21,22)23)17(20)15(27)9-11/h2-3,8-10,27H,4-7H2,1H3. The lowest BCUT2D eigenvalue weighted by Gasteiger charge is -2.34. The van der Waals surface area contributed by atoms with Crippen LogP contribution >= 0.6 is 0 Å². The molecule has 7 nitrogen and oxygen atoms in total. The van der Waals surface area contributed by atoms with E-state index in [9.17, 15) is 31.1 Å². The largest absolute Gasteiger partial charge is 0.505 e. The highest BCUT2D eigenvalue weighted by Gasteiger charge is 2.36. The van der Waals surface area contributed by atoms with Gasteiger partial charge in [-0.3, -0.25) is 0 Å². The lowest BCUT2D eigenvalue weighted by Crippen LogP contribution is -2.48. The summed E-state index contributed by atoms with van der Waals surface area (Å²) in [6.07, 6.45) is -3.84. The van der Waals surface area contributed by atoms with Crippen LogP contribution in [0.4, 0.5) is 23.2 Å². The number of phenolic OH excluding ortho intramolecular Hbond substituents is 1. The normalized spacial score (nSPS) is 16.2. The number of hydrogen-bond acceptors (Lipinski definition) is 6. The molecule has 0 saturated carbocycles. The number of nitrogens with zero attached hydrogens (tertiary/aromatic N) is 3. The van der Waals surface area contributed by atoms with Gasteiger partial charge in [-0.05, 0) is 30.3 Å². The number of hydrogen-bond donors (Lipinski definition) is 1. The van der Waals surface area contributed by atoms with Crippen molar-refractivity contribution in [2.24, 2.45) is 0 Å². The fourth-order valence-electron chi connectivity index (χ4n) is 3.45. The minimum Gasteiger partial charge on any atom is -0.505 e. The van der Waals surface area contributed by atoms with Crippen molar-refractivity contribution in [1.82, 2.24) is 9.29 Å². The number of aromatic nitrogens is 1. The fraction of sp³-hybridized carbons (Fsp3) is 0.316. The van der Waals surface area contributed by atoms with Crippen molar-refractivity contribution in [2.75, 3.05) is 37.3 Å². The van der Waals surface area contributed by atoms with Gasteiger partial charge < -0.3 is 14.4 Å². The first-order chi connectivity index (χ1) is 14.4. The molecule has 0 amide bonds. The molecule has 2 aromatic carbocycles. The maximum absolute atomic E-state index is 13.7. The van der Waals surface area contributed by atoms with E-state index in [0.29, 0.717) is 43.3 Å². The summed E-state index contributed by atoms with van der Waals surface area (Å²) < 4.78 is 83.0. The third-order valence-corrected chi connectivity index (χ3v) is 6.35. The summed E-state index contributed by atoms with van der Waals surface area (Å²) in [4.78, 5) is 6.15.